The Morgan fingerprint density at radius 2 is 1.96 bits per heavy atom. The van der Waals surface area contributed by atoms with Crippen molar-refractivity contribution in [2.24, 2.45) is 0 Å². The highest BCUT2D eigenvalue weighted by atomic mass is 35.5. The van der Waals surface area contributed by atoms with Crippen LogP contribution >= 0.6 is 23.4 Å². The molecule has 0 amide bonds. The fraction of sp³-hybridized carbons (Fsp3) is 0.571. The number of thioether (sulfide) groups is 1. The first-order chi connectivity index (χ1) is 12.4. The molecule has 2 aliphatic rings. The summed E-state index contributed by atoms with van der Waals surface area (Å²) in [5, 5.41) is 9.85. The average Bonchev–Trinajstić information content (AvgIpc) is 3.16. The Labute approximate surface area is 165 Å². The first-order valence-corrected chi connectivity index (χ1v) is 10.9. The molecule has 1 aliphatic heterocycles. The van der Waals surface area contributed by atoms with E-state index in [-0.39, 0.29) is 10.00 Å². The molecule has 2 heterocycles. The van der Waals surface area contributed by atoms with E-state index in [2.05, 4.69) is 49.8 Å². The number of benzene rings is 1. The summed E-state index contributed by atoms with van der Waals surface area (Å²) in [5.41, 5.74) is 5.13. The minimum absolute atomic E-state index is 0.142. The van der Waals surface area contributed by atoms with Crippen LogP contribution in [0.4, 0.5) is 5.82 Å². The lowest BCUT2D eigenvalue weighted by molar-refractivity contribution is 0.468. The number of hydrogen-bond donors (Lipinski definition) is 1. The third-order valence-corrected chi connectivity index (χ3v) is 7.44. The molecular formula is C21H28ClN3S. The molecule has 1 fully saturated rings. The second-order valence-corrected chi connectivity index (χ2v) is 10.6. The molecule has 1 N–H and O–H groups in total. The minimum Gasteiger partial charge on any atom is -0.369 e. The lowest BCUT2D eigenvalue weighted by Gasteiger charge is -2.27. The average molecular weight is 390 g/mol. The van der Waals surface area contributed by atoms with Crippen LogP contribution < -0.4 is 5.32 Å². The Hall–Kier alpha value is -1.13. The van der Waals surface area contributed by atoms with Crippen LogP contribution in [-0.2, 0) is 0 Å². The summed E-state index contributed by atoms with van der Waals surface area (Å²) in [4.78, 5) is 0. The SMILES string of the molecule is Cc1cc(Cl)ccc1C1SC(C)(C)CNc2c1c(C)nn2C1CCCC1. The molecule has 0 spiro atoms. The third kappa shape index (κ3) is 3.27. The van der Waals surface area contributed by atoms with E-state index in [0.717, 1.165) is 17.3 Å². The van der Waals surface area contributed by atoms with E-state index in [1.54, 1.807) is 0 Å². The highest BCUT2D eigenvalue weighted by molar-refractivity contribution is 8.01. The maximum Gasteiger partial charge on any atom is 0.129 e. The monoisotopic (exact) mass is 389 g/mol. The normalized spacial score (nSPS) is 22.7. The van der Waals surface area contributed by atoms with Gasteiger partial charge in [-0.1, -0.05) is 30.5 Å². The summed E-state index contributed by atoms with van der Waals surface area (Å²) < 4.78 is 2.45. The van der Waals surface area contributed by atoms with Gasteiger partial charge < -0.3 is 5.32 Å². The molecule has 0 bridgehead atoms. The van der Waals surface area contributed by atoms with E-state index in [0.29, 0.717) is 6.04 Å². The van der Waals surface area contributed by atoms with Gasteiger partial charge in [0.15, 0.2) is 0 Å². The van der Waals surface area contributed by atoms with Crippen molar-refractivity contribution in [3.05, 3.63) is 45.6 Å². The van der Waals surface area contributed by atoms with Crippen LogP contribution in [-0.4, -0.2) is 21.1 Å². The topological polar surface area (TPSA) is 29.9 Å². The Morgan fingerprint density at radius 3 is 2.65 bits per heavy atom. The first kappa shape index (κ1) is 18.2. The summed E-state index contributed by atoms with van der Waals surface area (Å²) in [6.07, 6.45) is 5.13. The van der Waals surface area contributed by atoms with Crippen LogP contribution in [0.5, 0.6) is 0 Å². The number of rotatable bonds is 2. The van der Waals surface area contributed by atoms with E-state index >= 15 is 0 Å². The number of nitrogens with zero attached hydrogens (tertiary/aromatic N) is 2. The summed E-state index contributed by atoms with van der Waals surface area (Å²) in [6.45, 7) is 9.95. The number of aromatic nitrogens is 2. The summed E-state index contributed by atoms with van der Waals surface area (Å²) in [5.74, 6) is 1.24. The van der Waals surface area contributed by atoms with Gasteiger partial charge in [0, 0.05) is 21.9 Å². The molecule has 1 unspecified atom stereocenters. The maximum absolute atomic E-state index is 6.23. The molecule has 0 saturated heterocycles. The second kappa shape index (κ2) is 6.79. The van der Waals surface area contributed by atoms with E-state index in [4.69, 9.17) is 16.7 Å². The second-order valence-electron chi connectivity index (χ2n) is 8.34. The highest BCUT2D eigenvalue weighted by Crippen LogP contribution is 2.51. The van der Waals surface area contributed by atoms with Gasteiger partial charge in [0.2, 0.25) is 0 Å². The Morgan fingerprint density at radius 1 is 1.23 bits per heavy atom. The molecule has 3 nitrogen and oxygen atoms in total. The maximum atomic E-state index is 6.23. The molecule has 5 heteroatoms. The summed E-state index contributed by atoms with van der Waals surface area (Å²) in [6, 6.07) is 6.85. The molecule has 1 aliphatic carbocycles. The molecule has 0 radical (unpaired) electrons. The van der Waals surface area contributed by atoms with Crippen LogP contribution in [0, 0.1) is 13.8 Å². The lowest BCUT2D eigenvalue weighted by atomic mass is 9.99. The van der Waals surface area contributed by atoms with E-state index in [1.807, 2.05) is 17.8 Å². The molecule has 4 rings (SSSR count). The zero-order chi connectivity index (χ0) is 18.5. The molecule has 26 heavy (non-hydrogen) atoms. The molecule has 140 valence electrons. The predicted molar refractivity (Wildman–Crippen MR) is 113 cm³/mol. The number of hydrogen-bond acceptors (Lipinski definition) is 3. The van der Waals surface area contributed by atoms with Crippen molar-refractivity contribution >= 4 is 29.2 Å². The molecule has 1 atom stereocenters. The molecule has 1 aromatic heterocycles. The van der Waals surface area contributed by atoms with Crippen molar-refractivity contribution in [1.82, 2.24) is 9.78 Å². The largest absolute Gasteiger partial charge is 0.369 e. The van der Waals surface area contributed by atoms with E-state index < -0.39 is 0 Å². The van der Waals surface area contributed by atoms with Crippen molar-refractivity contribution < 1.29 is 0 Å². The van der Waals surface area contributed by atoms with E-state index in [1.165, 1.54) is 48.2 Å². The smallest absolute Gasteiger partial charge is 0.129 e. The highest BCUT2D eigenvalue weighted by Gasteiger charge is 2.36. The van der Waals surface area contributed by atoms with Crippen LogP contribution in [0.3, 0.4) is 0 Å². The molecule has 2 aromatic rings. The van der Waals surface area contributed by atoms with Gasteiger partial charge >= 0.3 is 0 Å². The van der Waals surface area contributed by atoms with E-state index in [9.17, 15) is 0 Å². The van der Waals surface area contributed by atoms with Crippen molar-refractivity contribution in [2.45, 2.75) is 69.4 Å². The van der Waals surface area contributed by atoms with Gasteiger partial charge in [-0.05, 0) is 63.8 Å². The van der Waals surface area contributed by atoms with Crippen LogP contribution in [0.15, 0.2) is 18.2 Å². The minimum atomic E-state index is 0.142. The van der Waals surface area contributed by atoms with Gasteiger partial charge in [-0.2, -0.15) is 5.10 Å². The van der Waals surface area contributed by atoms with Gasteiger partial charge in [0.05, 0.1) is 17.0 Å². The lowest BCUT2D eigenvalue weighted by Crippen LogP contribution is -2.26. The molecule has 1 aromatic carbocycles. The number of anilines is 1. The summed E-state index contributed by atoms with van der Waals surface area (Å²) in [7, 11) is 0. The number of halogens is 1. The molecule has 1 saturated carbocycles. The zero-order valence-electron chi connectivity index (χ0n) is 16.1. The van der Waals surface area contributed by atoms with Gasteiger partial charge in [0.1, 0.15) is 5.82 Å². The van der Waals surface area contributed by atoms with Crippen molar-refractivity contribution in [2.75, 3.05) is 11.9 Å². The van der Waals surface area contributed by atoms with Gasteiger partial charge in [-0.15, -0.1) is 11.8 Å². The Balaban J connectivity index is 1.86. The van der Waals surface area contributed by atoms with Crippen molar-refractivity contribution in [3.63, 3.8) is 0 Å². The molecular weight excluding hydrogens is 362 g/mol. The third-order valence-electron chi connectivity index (χ3n) is 5.70. The van der Waals surface area contributed by atoms with Gasteiger partial charge in [0.25, 0.3) is 0 Å². The fourth-order valence-electron chi connectivity index (χ4n) is 4.33. The summed E-state index contributed by atoms with van der Waals surface area (Å²) >= 11 is 8.27. The fourth-order valence-corrected chi connectivity index (χ4v) is 6.14. The van der Waals surface area contributed by atoms with Gasteiger partial charge in [-0.3, -0.25) is 0 Å². The first-order valence-electron chi connectivity index (χ1n) is 9.62. The number of nitrogens with one attached hydrogen (secondary N) is 1. The van der Waals surface area contributed by atoms with Gasteiger partial charge in [-0.25, -0.2) is 4.68 Å². The van der Waals surface area contributed by atoms with Crippen molar-refractivity contribution in [1.29, 1.82) is 0 Å². The zero-order valence-corrected chi connectivity index (χ0v) is 17.7. The van der Waals surface area contributed by atoms with Crippen LogP contribution in [0.25, 0.3) is 0 Å². The predicted octanol–water partition coefficient (Wildman–Crippen LogP) is 6.30. The van der Waals surface area contributed by atoms with Crippen LogP contribution in [0.2, 0.25) is 5.02 Å². The Kier molecular flexibility index (Phi) is 4.77. The number of aryl methyl sites for hydroxylation is 2. The standard InChI is InChI=1S/C21H28ClN3S/c1-13-11-15(22)9-10-17(13)19-18-14(2)24-25(16-7-5-6-8-16)20(18)23-12-21(3,4)26-19/h9-11,16,19,23H,5-8,12H2,1-4H3. The Bertz CT molecular complexity index is 821. The number of fused-ring (bicyclic) bond motifs is 1. The van der Waals surface area contributed by atoms with Crippen molar-refractivity contribution in [3.8, 4) is 0 Å². The quantitative estimate of drug-likeness (QED) is 0.653. The van der Waals surface area contributed by atoms with Crippen LogP contribution in [0.1, 0.15) is 73.2 Å².